The number of hydrazone groups is 1. The molecule has 0 unspecified atom stereocenters. The smallest absolute Gasteiger partial charge is 0.271 e. The van der Waals surface area contributed by atoms with E-state index in [0.29, 0.717) is 53.0 Å². The molecule has 0 fully saturated rings. The summed E-state index contributed by atoms with van der Waals surface area (Å²) in [5.41, 5.74) is 5.30. The summed E-state index contributed by atoms with van der Waals surface area (Å²) in [6.45, 7) is 7.97. The van der Waals surface area contributed by atoms with E-state index in [1.165, 1.54) is 13.3 Å². The molecule has 0 aliphatic rings. The van der Waals surface area contributed by atoms with Gasteiger partial charge in [-0.05, 0) is 67.9 Å². The van der Waals surface area contributed by atoms with Gasteiger partial charge in [0.25, 0.3) is 11.8 Å². The lowest BCUT2D eigenvalue weighted by molar-refractivity contribution is -0.118. The molecule has 0 radical (unpaired) electrons. The number of hydrogen-bond donors (Lipinski definition) is 2. The zero-order valence-electron chi connectivity index (χ0n) is 21.7. The molecule has 0 saturated heterocycles. The Morgan fingerprint density at radius 3 is 2.37 bits per heavy atom. The lowest BCUT2D eigenvalue weighted by Crippen LogP contribution is -2.20. The van der Waals surface area contributed by atoms with Gasteiger partial charge in [0.05, 0.1) is 19.9 Å². The number of amides is 2. The lowest BCUT2D eigenvalue weighted by Gasteiger charge is -2.13. The predicted octanol–water partition coefficient (Wildman–Crippen LogP) is 4.75. The number of ether oxygens (including phenoxy) is 4. The molecule has 0 aliphatic carbocycles. The highest BCUT2D eigenvalue weighted by molar-refractivity contribution is 5.95. The van der Waals surface area contributed by atoms with Crippen LogP contribution in [0.5, 0.6) is 23.0 Å². The molecule has 0 aromatic heterocycles. The summed E-state index contributed by atoms with van der Waals surface area (Å²) in [5, 5.41) is 6.82. The van der Waals surface area contributed by atoms with Crippen molar-refractivity contribution in [3.63, 3.8) is 0 Å². The molecule has 3 rings (SSSR count). The number of carbonyl (C=O) groups excluding carboxylic acids is 2. The van der Waals surface area contributed by atoms with Crippen molar-refractivity contribution in [2.24, 2.45) is 5.10 Å². The molecule has 2 N–H and O–H groups in total. The topological polar surface area (TPSA) is 107 Å². The quantitative estimate of drug-likeness (QED) is 0.193. The van der Waals surface area contributed by atoms with E-state index in [4.69, 9.17) is 18.9 Å². The zero-order valence-corrected chi connectivity index (χ0v) is 21.7. The van der Waals surface area contributed by atoms with E-state index in [-0.39, 0.29) is 12.5 Å². The fraction of sp³-hybridized carbons (Fsp3) is 0.207. The molecule has 3 aromatic rings. The molecule has 9 nitrogen and oxygen atoms in total. The summed E-state index contributed by atoms with van der Waals surface area (Å²) in [5.74, 6) is 1.09. The van der Waals surface area contributed by atoms with Crippen molar-refractivity contribution in [1.29, 1.82) is 0 Å². The molecule has 9 heteroatoms. The van der Waals surface area contributed by atoms with Crippen molar-refractivity contribution in [2.45, 2.75) is 13.8 Å². The van der Waals surface area contributed by atoms with Gasteiger partial charge in [-0.3, -0.25) is 9.59 Å². The van der Waals surface area contributed by atoms with Crippen molar-refractivity contribution in [2.75, 3.05) is 32.2 Å². The van der Waals surface area contributed by atoms with E-state index < -0.39 is 5.91 Å². The first-order valence-electron chi connectivity index (χ1n) is 11.9. The minimum atomic E-state index is -0.417. The maximum Gasteiger partial charge on any atom is 0.271 e. The maximum absolute atomic E-state index is 12.5. The Labute approximate surface area is 222 Å². The monoisotopic (exact) mass is 517 g/mol. The van der Waals surface area contributed by atoms with Crippen LogP contribution in [-0.4, -0.2) is 45.0 Å². The molecule has 0 spiro atoms. The van der Waals surface area contributed by atoms with E-state index in [9.17, 15) is 9.59 Å². The third kappa shape index (κ3) is 8.12. The van der Waals surface area contributed by atoms with Gasteiger partial charge in [-0.1, -0.05) is 30.4 Å². The van der Waals surface area contributed by atoms with Crippen LogP contribution in [0.25, 0.3) is 0 Å². The minimum Gasteiger partial charge on any atom is -0.493 e. The fourth-order valence-corrected chi connectivity index (χ4v) is 3.28. The Bertz CT molecular complexity index is 1290. The van der Waals surface area contributed by atoms with Gasteiger partial charge in [0.1, 0.15) is 6.61 Å². The van der Waals surface area contributed by atoms with E-state index >= 15 is 0 Å². The molecule has 0 heterocycles. The van der Waals surface area contributed by atoms with Crippen LogP contribution in [0.3, 0.4) is 0 Å². The molecule has 2 amide bonds. The molecule has 0 saturated carbocycles. The molecule has 0 atom stereocenters. The summed E-state index contributed by atoms with van der Waals surface area (Å²) in [6, 6.07) is 17.4. The predicted molar refractivity (Wildman–Crippen MR) is 147 cm³/mol. The first kappa shape index (κ1) is 27.8. The average Bonchev–Trinajstić information content (AvgIpc) is 2.92. The second-order valence-corrected chi connectivity index (χ2v) is 8.01. The first-order valence-corrected chi connectivity index (χ1v) is 11.9. The summed E-state index contributed by atoms with van der Waals surface area (Å²) in [6.07, 6.45) is 3.10. The Morgan fingerprint density at radius 2 is 1.66 bits per heavy atom. The van der Waals surface area contributed by atoms with Gasteiger partial charge >= 0.3 is 0 Å². The third-order valence-corrected chi connectivity index (χ3v) is 5.12. The molecule has 3 aromatic carbocycles. The van der Waals surface area contributed by atoms with E-state index in [2.05, 4.69) is 22.4 Å². The van der Waals surface area contributed by atoms with Crippen molar-refractivity contribution in [3.8, 4) is 23.0 Å². The van der Waals surface area contributed by atoms with Gasteiger partial charge in [0.2, 0.25) is 0 Å². The van der Waals surface area contributed by atoms with Crippen molar-refractivity contribution < 1.29 is 28.5 Å². The van der Waals surface area contributed by atoms with E-state index in [1.807, 2.05) is 38.1 Å². The largest absolute Gasteiger partial charge is 0.493 e. The van der Waals surface area contributed by atoms with Crippen LogP contribution >= 0.6 is 0 Å². The minimum absolute atomic E-state index is 0.182. The van der Waals surface area contributed by atoms with Crippen molar-refractivity contribution >= 4 is 23.7 Å². The SMILES string of the molecule is C=CCOc1ccc(C(=O)N/N=C/c2ccc(OCC(=O)Nc3ccc(C)cc3)c(OCC)c2)cc1OC. The second-order valence-electron chi connectivity index (χ2n) is 8.01. The summed E-state index contributed by atoms with van der Waals surface area (Å²) in [4.78, 5) is 24.8. The van der Waals surface area contributed by atoms with Gasteiger partial charge in [0, 0.05) is 11.3 Å². The number of aryl methyl sites for hydroxylation is 1. The number of rotatable bonds is 13. The number of anilines is 1. The van der Waals surface area contributed by atoms with Crippen LogP contribution in [0.4, 0.5) is 5.69 Å². The van der Waals surface area contributed by atoms with Crippen LogP contribution in [0, 0.1) is 6.92 Å². The van der Waals surface area contributed by atoms with E-state index in [0.717, 1.165) is 5.56 Å². The molecule has 198 valence electrons. The van der Waals surface area contributed by atoms with Crippen LogP contribution in [-0.2, 0) is 4.79 Å². The van der Waals surface area contributed by atoms with Gasteiger partial charge < -0.3 is 24.3 Å². The van der Waals surface area contributed by atoms with Crippen LogP contribution in [0.15, 0.2) is 78.4 Å². The Morgan fingerprint density at radius 1 is 0.921 bits per heavy atom. The first-order chi connectivity index (χ1) is 18.4. The van der Waals surface area contributed by atoms with Gasteiger partial charge in [-0.25, -0.2) is 5.43 Å². The Balaban J connectivity index is 1.60. The highest BCUT2D eigenvalue weighted by atomic mass is 16.5. The summed E-state index contributed by atoms with van der Waals surface area (Å²) >= 11 is 0. The van der Waals surface area contributed by atoms with E-state index in [1.54, 1.807) is 42.5 Å². The normalized spacial score (nSPS) is 10.5. The Kier molecular flexibility index (Phi) is 10.3. The second kappa shape index (κ2) is 14.1. The highest BCUT2D eigenvalue weighted by Crippen LogP contribution is 2.29. The van der Waals surface area contributed by atoms with Gasteiger partial charge in [0.15, 0.2) is 29.6 Å². The van der Waals surface area contributed by atoms with Gasteiger partial charge in [-0.15, -0.1) is 0 Å². The summed E-state index contributed by atoms with van der Waals surface area (Å²) in [7, 11) is 1.50. The molecule has 0 aliphatic heterocycles. The number of hydrogen-bond acceptors (Lipinski definition) is 7. The van der Waals surface area contributed by atoms with Crippen LogP contribution < -0.4 is 29.7 Å². The highest BCUT2D eigenvalue weighted by Gasteiger charge is 2.12. The third-order valence-electron chi connectivity index (χ3n) is 5.12. The van der Waals surface area contributed by atoms with Crippen molar-refractivity contribution in [3.05, 3.63) is 90.0 Å². The van der Waals surface area contributed by atoms with Gasteiger partial charge in [-0.2, -0.15) is 5.10 Å². The maximum atomic E-state index is 12.5. The number of benzene rings is 3. The molecular formula is C29H31N3O6. The number of methoxy groups -OCH3 is 1. The van der Waals surface area contributed by atoms with Crippen molar-refractivity contribution in [1.82, 2.24) is 5.43 Å². The number of nitrogens with zero attached hydrogens (tertiary/aromatic N) is 1. The standard InChI is InChI=1S/C29H31N3O6/c1-5-15-37-24-14-10-22(17-26(24)35-4)29(34)32-30-18-21-9-13-25(27(16-21)36-6-2)38-19-28(33)31-23-11-7-20(3)8-12-23/h5,7-14,16-18H,1,6,15,19H2,2-4H3,(H,31,33)(H,32,34)/b30-18+. The number of carbonyl (C=O) groups is 2. The fourth-order valence-electron chi connectivity index (χ4n) is 3.28. The van der Waals surface area contributed by atoms with Crippen LogP contribution in [0.2, 0.25) is 0 Å². The molecule has 0 bridgehead atoms. The summed E-state index contributed by atoms with van der Waals surface area (Å²) < 4.78 is 22.1. The number of nitrogens with one attached hydrogen (secondary N) is 2. The zero-order chi connectivity index (χ0) is 27.3. The van der Waals surface area contributed by atoms with Crippen LogP contribution in [0.1, 0.15) is 28.4 Å². The Hall–Kier alpha value is -4.79. The molecule has 38 heavy (non-hydrogen) atoms. The average molecular weight is 518 g/mol. The lowest BCUT2D eigenvalue weighted by atomic mass is 10.2. The molecular weight excluding hydrogens is 486 g/mol.